The number of halogens is 1. The molecule has 0 atom stereocenters. The summed E-state index contributed by atoms with van der Waals surface area (Å²) in [5, 5.41) is 6.57. The lowest BCUT2D eigenvalue weighted by atomic mass is 10.1. The number of nitrogens with one attached hydrogen (secondary N) is 2. The summed E-state index contributed by atoms with van der Waals surface area (Å²) in [6.07, 6.45) is -0.270. The Labute approximate surface area is 166 Å². The summed E-state index contributed by atoms with van der Waals surface area (Å²) >= 11 is 0. The van der Waals surface area contributed by atoms with Crippen LogP contribution in [0.3, 0.4) is 0 Å². The maximum atomic E-state index is 11.9. The fourth-order valence-corrected chi connectivity index (χ4v) is 2.47. The average Bonchev–Trinajstić information content (AvgIpc) is 2.72. The van der Waals surface area contributed by atoms with E-state index >= 15 is 0 Å². The molecule has 1 aromatic heterocycles. The van der Waals surface area contributed by atoms with Crippen molar-refractivity contribution in [1.82, 2.24) is 15.5 Å². The van der Waals surface area contributed by atoms with Crippen LogP contribution in [0.1, 0.15) is 37.9 Å². The molecular weight excluding hydrogens is 435 g/mol. The predicted molar refractivity (Wildman–Crippen MR) is 109 cm³/mol. The molecule has 142 valence electrons. The molecule has 1 saturated heterocycles. The number of likely N-dealkylation sites (tertiary alicyclic amines) is 1. The van der Waals surface area contributed by atoms with Gasteiger partial charge in [-0.25, -0.2) is 4.79 Å². The van der Waals surface area contributed by atoms with E-state index < -0.39 is 5.60 Å². The molecule has 0 saturated carbocycles. The van der Waals surface area contributed by atoms with Gasteiger partial charge in [0.2, 0.25) is 0 Å². The lowest BCUT2D eigenvalue weighted by Crippen LogP contribution is -2.63. The molecule has 1 amide bonds. The van der Waals surface area contributed by atoms with E-state index in [9.17, 15) is 4.79 Å². The number of carbonyl (C=O) groups is 1. The minimum Gasteiger partial charge on any atom is -0.466 e. The number of aliphatic imine (C=N–C) groups is 1. The maximum absolute atomic E-state index is 11.9. The van der Waals surface area contributed by atoms with Crippen molar-refractivity contribution in [2.24, 2.45) is 4.99 Å². The molecule has 0 radical (unpaired) electrons. The summed E-state index contributed by atoms with van der Waals surface area (Å²) in [5.41, 5.74) is 0.646. The van der Waals surface area contributed by atoms with Crippen molar-refractivity contribution in [2.45, 2.75) is 52.8 Å². The van der Waals surface area contributed by atoms with Crippen LogP contribution in [0, 0.1) is 13.8 Å². The normalized spacial score (nSPS) is 15.3. The third-order valence-corrected chi connectivity index (χ3v) is 3.69. The Bertz CT molecular complexity index is 616. The van der Waals surface area contributed by atoms with Crippen molar-refractivity contribution < 1.29 is 13.9 Å². The number of amides is 1. The largest absolute Gasteiger partial charge is 0.466 e. The van der Waals surface area contributed by atoms with E-state index in [0.29, 0.717) is 25.6 Å². The number of hydrogen-bond donors (Lipinski definition) is 2. The van der Waals surface area contributed by atoms with Gasteiger partial charge in [0.15, 0.2) is 5.96 Å². The quantitative estimate of drug-likeness (QED) is 0.409. The van der Waals surface area contributed by atoms with Crippen molar-refractivity contribution in [3.8, 4) is 0 Å². The monoisotopic (exact) mass is 464 g/mol. The van der Waals surface area contributed by atoms with Gasteiger partial charge in [0.1, 0.15) is 17.1 Å². The second-order valence-electron chi connectivity index (χ2n) is 7.09. The van der Waals surface area contributed by atoms with E-state index in [0.717, 1.165) is 17.1 Å². The number of guanidine groups is 1. The number of aryl methyl sites for hydroxylation is 2. The van der Waals surface area contributed by atoms with E-state index in [-0.39, 0.29) is 36.1 Å². The molecule has 0 spiro atoms. The van der Waals surface area contributed by atoms with Gasteiger partial charge < -0.3 is 24.7 Å². The van der Waals surface area contributed by atoms with Gasteiger partial charge >= 0.3 is 6.09 Å². The molecule has 2 rings (SSSR count). The molecule has 0 aromatic carbocycles. The van der Waals surface area contributed by atoms with Crippen LogP contribution >= 0.6 is 24.0 Å². The lowest BCUT2D eigenvalue weighted by molar-refractivity contribution is 0.00701. The van der Waals surface area contributed by atoms with E-state index in [2.05, 4.69) is 15.6 Å². The first-order valence-electron chi connectivity index (χ1n) is 8.19. The Morgan fingerprint density at radius 1 is 1.40 bits per heavy atom. The molecule has 2 N–H and O–H groups in total. The van der Waals surface area contributed by atoms with Gasteiger partial charge in [-0.1, -0.05) is 0 Å². The minimum absolute atomic E-state index is 0. The second kappa shape index (κ2) is 8.77. The summed E-state index contributed by atoms with van der Waals surface area (Å²) in [6, 6.07) is 2.19. The summed E-state index contributed by atoms with van der Waals surface area (Å²) in [6.45, 7) is 11.3. The zero-order valence-electron chi connectivity index (χ0n) is 15.8. The first kappa shape index (κ1) is 21.6. The molecule has 2 heterocycles. The molecule has 1 aromatic rings. The van der Waals surface area contributed by atoms with Gasteiger partial charge in [0.25, 0.3) is 0 Å². The molecule has 1 fully saturated rings. The molecule has 25 heavy (non-hydrogen) atoms. The van der Waals surface area contributed by atoms with Crippen LogP contribution < -0.4 is 10.6 Å². The molecule has 1 aliphatic rings. The van der Waals surface area contributed by atoms with Gasteiger partial charge in [-0.2, -0.15) is 0 Å². The van der Waals surface area contributed by atoms with Crippen LogP contribution in [0.15, 0.2) is 15.5 Å². The topological polar surface area (TPSA) is 79.1 Å². The summed E-state index contributed by atoms with van der Waals surface area (Å²) in [7, 11) is 1.73. The highest BCUT2D eigenvalue weighted by Crippen LogP contribution is 2.15. The van der Waals surface area contributed by atoms with Crippen LogP contribution in [0.25, 0.3) is 0 Å². The van der Waals surface area contributed by atoms with Gasteiger partial charge in [0.05, 0.1) is 6.04 Å². The van der Waals surface area contributed by atoms with E-state index in [4.69, 9.17) is 9.15 Å². The third kappa shape index (κ3) is 6.41. The molecule has 1 aliphatic heterocycles. The summed E-state index contributed by atoms with van der Waals surface area (Å²) in [4.78, 5) is 17.8. The SMILES string of the molecule is CN=C(NCc1cc(C)oc1C)NC1CN(C(=O)OC(C)(C)C)C1.I. The molecule has 0 aliphatic carbocycles. The van der Waals surface area contributed by atoms with Crippen molar-refractivity contribution in [2.75, 3.05) is 20.1 Å². The van der Waals surface area contributed by atoms with E-state index in [1.54, 1.807) is 11.9 Å². The van der Waals surface area contributed by atoms with Crippen molar-refractivity contribution in [1.29, 1.82) is 0 Å². The molecular formula is C17H29IN4O3. The van der Waals surface area contributed by atoms with Crippen LogP contribution in [0.4, 0.5) is 4.79 Å². The number of rotatable bonds is 3. The number of ether oxygens (including phenoxy) is 1. The van der Waals surface area contributed by atoms with Crippen LogP contribution in [-0.2, 0) is 11.3 Å². The first-order chi connectivity index (χ1) is 11.2. The summed E-state index contributed by atoms with van der Waals surface area (Å²) in [5.74, 6) is 2.52. The van der Waals surface area contributed by atoms with Crippen LogP contribution in [0.2, 0.25) is 0 Å². The zero-order chi connectivity index (χ0) is 17.9. The number of nitrogens with zero attached hydrogens (tertiary/aromatic N) is 2. The first-order valence-corrected chi connectivity index (χ1v) is 8.19. The molecule has 8 heteroatoms. The van der Waals surface area contributed by atoms with Gasteiger partial charge in [-0.05, 0) is 40.7 Å². The van der Waals surface area contributed by atoms with Crippen molar-refractivity contribution in [3.63, 3.8) is 0 Å². The lowest BCUT2D eigenvalue weighted by Gasteiger charge is -2.40. The fraction of sp³-hybridized carbons (Fsp3) is 0.647. The van der Waals surface area contributed by atoms with Crippen molar-refractivity contribution in [3.05, 3.63) is 23.2 Å². The zero-order valence-corrected chi connectivity index (χ0v) is 18.1. The van der Waals surface area contributed by atoms with Gasteiger partial charge in [0, 0.05) is 32.2 Å². The Hall–Kier alpha value is -1.45. The van der Waals surface area contributed by atoms with Crippen molar-refractivity contribution >= 4 is 36.0 Å². The van der Waals surface area contributed by atoms with Crippen LogP contribution in [0.5, 0.6) is 0 Å². The molecule has 0 unspecified atom stereocenters. The second-order valence-corrected chi connectivity index (χ2v) is 7.09. The number of furan rings is 1. The maximum Gasteiger partial charge on any atom is 0.410 e. The standard InChI is InChI=1S/C17H28N4O3.HI/c1-11-7-13(12(2)23-11)8-19-15(18-6)20-14-9-21(10-14)16(22)24-17(3,4)5;/h7,14H,8-10H2,1-6H3,(H2,18,19,20);1H. The smallest absolute Gasteiger partial charge is 0.410 e. The highest BCUT2D eigenvalue weighted by molar-refractivity contribution is 14.0. The van der Waals surface area contributed by atoms with Gasteiger partial charge in [-0.3, -0.25) is 4.99 Å². The molecule has 7 nitrogen and oxygen atoms in total. The Morgan fingerprint density at radius 3 is 2.52 bits per heavy atom. The summed E-state index contributed by atoms with van der Waals surface area (Å²) < 4.78 is 10.9. The molecule has 0 bridgehead atoms. The Kier molecular flexibility index (Phi) is 7.58. The van der Waals surface area contributed by atoms with Gasteiger partial charge in [-0.15, -0.1) is 24.0 Å². The number of carbonyl (C=O) groups excluding carboxylic acids is 1. The average molecular weight is 464 g/mol. The highest BCUT2D eigenvalue weighted by atomic mass is 127. The Morgan fingerprint density at radius 2 is 2.04 bits per heavy atom. The minimum atomic E-state index is -0.465. The van der Waals surface area contributed by atoms with E-state index in [1.807, 2.05) is 40.7 Å². The highest BCUT2D eigenvalue weighted by Gasteiger charge is 2.34. The third-order valence-electron chi connectivity index (χ3n) is 3.69. The predicted octanol–water partition coefficient (Wildman–Crippen LogP) is 2.80. The number of hydrogen-bond acceptors (Lipinski definition) is 4. The van der Waals surface area contributed by atoms with Crippen LogP contribution in [-0.4, -0.2) is 48.7 Å². The van der Waals surface area contributed by atoms with E-state index in [1.165, 1.54) is 0 Å². The Balaban J connectivity index is 0.00000312. The fourth-order valence-electron chi connectivity index (χ4n) is 2.47.